The second kappa shape index (κ2) is 13.4. The van der Waals surface area contributed by atoms with Crippen LogP contribution in [0.25, 0.3) is 0 Å². The van der Waals surface area contributed by atoms with Gasteiger partial charge in [0.15, 0.2) is 0 Å². The zero-order valence-electron chi connectivity index (χ0n) is 26.1. The van der Waals surface area contributed by atoms with Crippen LogP contribution in [0.4, 0.5) is 0 Å². The first kappa shape index (κ1) is 31.9. The average Bonchev–Trinajstić information content (AvgIpc) is 3.13. The number of rotatable bonds is 10. The van der Waals surface area contributed by atoms with Gasteiger partial charge in [-0.25, -0.2) is 0 Å². The molecule has 0 aromatic heterocycles. The molecule has 0 saturated heterocycles. The van der Waals surface area contributed by atoms with Crippen molar-refractivity contribution in [2.45, 2.75) is 0 Å². The van der Waals surface area contributed by atoms with Gasteiger partial charge in [0.05, 0.1) is 0 Å². The molecular formula is C40H43OP3Pd. The van der Waals surface area contributed by atoms with Crippen molar-refractivity contribution in [1.82, 2.24) is 0 Å². The summed E-state index contributed by atoms with van der Waals surface area (Å²) in [6, 6.07) is 66.9. The molecule has 0 saturated carbocycles. The summed E-state index contributed by atoms with van der Waals surface area (Å²) in [6.07, 6.45) is 0. The van der Waals surface area contributed by atoms with Crippen molar-refractivity contribution in [3.05, 3.63) is 182 Å². The van der Waals surface area contributed by atoms with Crippen LogP contribution in [-0.4, -0.2) is 24.8 Å². The van der Waals surface area contributed by atoms with Crippen molar-refractivity contribution in [3.63, 3.8) is 0 Å². The van der Waals surface area contributed by atoms with Crippen LogP contribution >= 0.6 is 16.4 Å². The molecule has 0 N–H and O–H groups in total. The molecular weight excluding hydrogens is 696 g/mol. The van der Waals surface area contributed by atoms with Crippen molar-refractivity contribution in [2.24, 2.45) is 0 Å². The Hall–Kier alpha value is -3.06. The summed E-state index contributed by atoms with van der Waals surface area (Å²) in [4.78, 5) is 15.4. The van der Waals surface area contributed by atoms with Gasteiger partial charge >= 0.3 is 274 Å². The Balaban J connectivity index is 1.93. The van der Waals surface area contributed by atoms with Crippen LogP contribution in [0.15, 0.2) is 182 Å². The van der Waals surface area contributed by atoms with Gasteiger partial charge in [0.2, 0.25) is 0 Å². The Morgan fingerprint density at radius 2 is 0.489 bits per heavy atom. The van der Waals surface area contributed by atoms with E-state index in [1.54, 1.807) is 4.76 Å². The first-order valence-corrected chi connectivity index (χ1v) is 30.2. The summed E-state index contributed by atoms with van der Waals surface area (Å²) < 4.78 is 1.65. The van der Waals surface area contributed by atoms with Gasteiger partial charge in [-0.05, 0) is 0 Å². The van der Waals surface area contributed by atoms with Gasteiger partial charge in [-0.1, -0.05) is 0 Å². The van der Waals surface area contributed by atoms with Gasteiger partial charge in [0.25, 0.3) is 0 Å². The van der Waals surface area contributed by atoms with Gasteiger partial charge in [-0.3, -0.25) is 0 Å². The fraction of sp³-hybridized carbons (Fsp3) is 0.0750. The molecule has 0 amide bonds. The molecule has 0 aliphatic carbocycles. The van der Waals surface area contributed by atoms with Crippen LogP contribution in [-0.2, 0) is 18.8 Å². The van der Waals surface area contributed by atoms with Crippen LogP contribution in [0.3, 0.4) is 0 Å². The molecule has 0 aliphatic heterocycles. The molecule has 45 heavy (non-hydrogen) atoms. The van der Waals surface area contributed by atoms with Gasteiger partial charge in [0.1, 0.15) is 0 Å². The zero-order chi connectivity index (χ0) is 31.4. The predicted octanol–water partition coefficient (Wildman–Crippen LogP) is 7.17. The fourth-order valence-corrected chi connectivity index (χ4v) is 105. The van der Waals surface area contributed by atoms with Crippen LogP contribution in [0.5, 0.6) is 0 Å². The molecule has 6 aromatic carbocycles. The maximum atomic E-state index is 15.4. The quantitative estimate of drug-likeness (QED) is 0.0829. The predicted molar refractivity (Wildman–Crippen MR) is 206 cm³/mol. The molecule has 0 fully saturated rings. The van der Waals surface area contributed by atoms with Crippen LogP contribution in [0, 0.1) is 0 Å². The Bertz CT molecular complexity index is 1500. The van der Waals surface area contributed by atoms with E-state index in [1.807, 2.05) is 0 Å². The third kappa shape index (κ3) is 5.04. The molecule has 6 aromatic rings. The number of benzene rings is 6. The van der Waals surface area contributed by atoms with Crippen LogP contribution < -0.4 is 31.8 Å². The van der Waals surface area contributed by atoms with Crippen LogP contribution in [0.2, 0.25) is 0 Å². The minimum atomic E-state index is -3.44. The van der Waals surface area contributed by atoms with E-state index in [0.29, 0.717) is 0 Å². The summed E-state index contributed by atoms with van der Waals surface area (Å²) in [5.74, 6) is 0. The first-order chi connectivity index (χ1) is 21.9. The molecule has 0 atom stereocenters. The molecule has 234 valence electrons. The summed E-state index contributed by atoms with van der Waals surface area (Å²) in [6.45, 7) is 7.70. The van der Waals surface area contributed by atoms with E-state index in [2.05, 4.69) is 202 Å². The maximum absolute atomic E-state index is 15.4. The topological polar surface area (TPSA) is 17.1 Å². The Kier molecular flexibility index (Phi) is 9.47. The molecule has 0 radical (unpaired) electrons. The number of hydrogen-bond donors (Lipinski definition) is 0. The van der Waals surface area contributed by atoms with E-state index in [1.165, 1.54) is 31.8 Å². The standard InChI is InChI=1S/3C13H13P.CHO.Pd/c3*1-14(12-8-4-2-5-9-12)13-10-6-3-7-11-13;1-2;/h3*2-11H,1H3;1H;/q;;;;-3/p+3. The summed E-state index contributed by atoms with van der Waals surface area (Å²) in [7, 11) is 0. The van der Waals surface area contributed by atoms with Gasteiger partial charge in [-0.15, -0.1) is 0 Å². The van der Waals surface area contributed by atoms with E-state index in [4.69, 9.17) is 0 Å². The second-order valence-electron chi connectivity index (χ2n) is 11.6. The Morgan fingerprint density at radius 1 is 0.333 bits per heavy atom. The molecule has 5 heteroatoms. The third-order valence-electron chi connectivity index (χ3n) is 9.40. The molecule has 0 heterocycles. The van der Waals surface area contributed by atoms with E-state index in [9.17, 15) is 0 Å². The molecule has 1 nitrogen and oxygen atoms in total. The number of carbonyl (C=O) groups is 1. The van der Waals surface area contributed by atoms with Crippen molar-refractivity contribution in [1.29, 1.82) is 0 Å². The molecule has 0 bridgehead atoms. The Morgan fingerprint density at radius 3 is 0.622 bits per heavy atom. The third-order valence-corrected chi connectivity index (χ3v) is 86.4. The van der Waals surface area contributed by atoms with Crippen molar-refractivity contribution >= 4 is 52.9 Å². The summed E-state index contributed by atoms with van der Waals surface area (Å²) in [5, 5.41) is 8.15. The molecule has 0 unspecified atom stereocenters. The SMILES string of the molecule is C[PH](c1ccccc1)(c1ccccc1)[Pd]([CH]=O)([PH](C)(c1ccccc1)c1ccccc1)[PH](C)(c1ccccc1)c1ccccc1. The van der Waals surface area contributed by atoms with Crippen molar-refractivity contribution in [3.8, 4) is 0 Å². The average molecular weight is 739 g/mol. The second-order valence-corrected chi connectivity index (χ2v) is 52.1. The summed E-state index contributed by atoms with van der Waals surface area (Å²) in [5.41, 5.74) is -8.63. The van der Waals surface area contributed by atoms with Gasteiger partial charge < -0.3 is 0 Å². The molecule has 0 spiro atoms. The molecule has 6 rings (SSSR count). The normalized spacial score (nSPS) is 15.3. The number of hydrogen-bond acceptors (Lipinski definition) is 1. The minimum absolute atomic E-state index is 1.36. The van der Waals surface area contributed by atoms with Crippen LogP contribution in [0.1, 0.15) is 0 Å². The van der Waals surface area contributed by atoms with Gasteiger partial charge in [-0.2, -0.15) is 0 Å². The van der Waals surface area contributed by atoms with E-state index in [0.717, 1.165) is 0 Å². The summed E-state index contributed by atoms with van der Waals surface area (Å²) >= 11 is -3.44. The monoisotopic (exact) mass is 738 g/mol. The molecule has 0 aliphatic rings. The van der Waals surface area contributed by atoms with Gasteiger partial charge in [0, 0.05) is 0 Å². The van der Waals surface area contributed by atoms with E-state index >= 15 is 4.79 Å². The van der Waals surface area contributed by atoms with Crippen molar-refractivity contribution < 1.29 is 18.8 Å². The van der Waals surface area contributed by atoms with E-state index < -0.39 is 30.4 Å². The zero-order valence-corrected chi connectivity index (χ0v) is 30.7. The van der Waals surface area contributed by atoms with E-state index in [-0.39, 0.29) is 0 Å². The number of carbonyl (C=O) groups excluding carboxylic acids is 1. The Labute approximate surface area is 272 Å². The first-order valence-electron chi connectivity index (χ1n) is 15.4. The van der Waals surface area contributed by atoms with Crippen molar-refractivity contribution in [2.75, 3.05) is 20.0 Å². The fourth-order valence-electron chi connectivity index (χ4n) is 6.98.